The van der Waals surface area contributed by atoms with Crippen LogP contribution in [-0.4, -0.2) is 38.1 Å². The number of benzene rings is 1. The van der Waals surface area contributed by atoms with Gasteiger partial charge in [0.15, 0.2) is 0 Å². The van der Waals surface area contributed by atoms with E-state index in [0.717, 1.165) is 24.9 Å². The Morgan fingerprint density at radius 1 is 1.41 bits per heavy atom. The molecule has 0 aliphatic carbocycles. The Hall–Kier alpha value is -1.88. The number of hydrogen-bond acceptors (Lipinski definition) is 4. The Kier molecular flexibility index (Phi) is 5.95. The van der Waals surface area contributed by atoms with Gasteiger partial charge < -0.3 is 15.4 Å². The summed E-state index contributed by atoms with van der Waals surface area (Å²) in [4.78, 5) is 23.6. The van der Waals surface area contributed by atoms with Gasteiger partial charge in [-0.1, -0.05) is 12.1 Å². The summed E-state index contributed by atoms with van der Waals surface area (Å²) < 4.78 is 4.71. The monoisotopic (exact) mass is 304 g/mol. The van der Waals surface area contributed by atoms with Crippen LogP contribution in [0.1, 0.15) is 35.7 Å². The van der Waals surface area contributed by atoms with Gasteiger partial charge in [0.25, 0.3) is 0 Å². The lowest BCUT2D eigenvalue weighted by Crippen LogP contribution is -2.42. The van der Waals surface area contributed by atoms with E-state index in [1.165, 1.54) is 7.11 Å². The highest BCUT2D eigenvalue weighted by Gasteiger charge is 2.24. The number of piperidine rings is 1. The number of carbonyl (C=O) groups is 2. The van der Waals surface area contributed by atoms with Crippen molar-refractivity contribution in [3.63, 3.8) is 0 Å². The molecule has 5 nitrogen and oxygen atoms in total. The quantitative estimate of drug-likeness (QED) is 0.809. The molecule has 0 aromatic heterocycles. The number of amides is 1. The third-order valence-corrected chi connectivity index (χ3v) is 4.06. The summed E-state index contributed by atoms with van der Waals surface area (Å²) in [6.07, 6.45) is 2.49. The van der Waals surface area contributed by atoms with E-state index in [9.17, 15) is 9.59 Å². The third-order valence-electron chi connectivity index (χ3n) is 4.06. The molecule has 5 heteroatoms. The molecule has 22 heavy (non-hydrogen) atoms. The molecule has 2 atom stereocenters. The molecule has 1 aliphatic heterocycles. The van der Waals surface area contributed by atoms with Gasteiger partial charge in [0.05, 0.1) is 12.7 Å². The summed E-state index contributed by atoms with van der Waals surface area (Å²) in [5.74, 6) is -0.0929. The van der Waals surface area contributed by atoms with Crippen molar-refractivity contribution in [2.24, 2.45) is 5.92 Å². The van der Waals surface area contributed by atoms with Gasteiger partial charge in [0.2, 0.25) is 5.91 Å². The number of rotatable bonds is 5. The summed E-state index contributed by atoms with van der Waals surface area (Å²) >= 11 is 0. The van der Waals surface area contributed by atoms with Gasteiger partial charge in [-0.2, -0.15) is 0 Å². The van der Waals surface area contributed by atoms with Gasteiger partial charge in [-0.15, -0.1) is 0 Å². The summed E-state index contributed by atoms with van der Waals surface area (Å²) in [7, 11) is 1.37. The van der Waals surface area contributed by atoms with E-state index in [-0.39, 0.29) is 17.8 Å². The first-order valence-corrected chi connectivity index (χ1v) is 7.78. The number of hydrogen-bond donors (Lipinski definition) is 2. The molecule has 0 radical (unpaired) electrons. The zero-order valence-corrected chi connectivity index (χ0v) is 13.2. The molecule has 120 valence electrons. The van der Waals surface area contributed by atoms with Crippen molar-refractivity contribution in [2.75, 3.05) is 20.2 Å². The first-order valence-electron chi connectivity index (χ1n) is 7.78. The van der Waals surface area contributed by atoms with Crippen LogP contribution in [0.3, 0.4) is 0 Å². The first-order chi connectivity index (χ1) is 10.6. The van der Waals surface area contributed by atoms with E-state index < -0.39 is 0 Å². The Balaban J connectivity index is 1.81. The normalized spacial score (nSPS) is 21.2. The molecule has 1 heterocycles. The Morgan fingerprint density at radius 3 is 2.95 bits per heavy atom. The molecular formula is C17H24N2O3. The van der Waals surface area contributed by atoms with E-state index in [1.807, 2.05) is 18.2 Å². The zero-order chi connectivity index (χ0) is 15.9. The van der Waals surface area contributed by atoms with Gasteiger partial charge in [0.1, 0.15) is 0 Å². The van der Waals surface area contributed by atoms with E-state index in [4.69, 9.17) is 4.74 Å². The maximum atomic E-state index is 12.1. The smallest absolute Gasteiger partial charge is 0.337 e. The molecule has 0 spiro atoms. The van der Waals surface area contributed by atoms with Crippen LogP contribution in [-0.2, 0) is 16.0 Å². The Morgan fingerprint density at radius 2 is 2.23 bits per heavy atom. The van der Waals surface area contributed by atoms with Gasteiger partial charge in [-0.05, 0) is 50.4 Å². The minimum Gasteiger partial charge on any atom is -0.465 e. The topological polar surface area (TPSA) is 67.4 Å². The highest BCUT2D eigenvalue weighted by atomic mass is 16.5. The highest BCUT2D eigenvalue weighted by molar-refractivity contribution is 5.89. The number of ether oxygens (including phenoxy) is 1. The predicted octanol–water partition coefficient (Wildman–Crippen LogP) is 1.52. The molecular weight excluding hydrogens is 280 g/mol. The van der Waals surface area contributed by atoms with Crippen LogP contribution < -0.4 is 10.6 Å². The maximum absolute atomic E-state index is 12.1. The lowest BCUT2D eigenvalue weighted by atomic mass is 9.92. The first kappa shape index (κ1) is 16.5. The summed E-state index contributed by atoms with van der Waals surface area (Å²) in [6.45, 7) is 3.60. The van der Waals surface area contributed by atoms with E-state index in [1.54, 1.807) is 6.07 Å². The van der Waals surface area contributed by atoms with Crippen molar-refractivity contribution < 1.29 is 14.3 Å². The number of esters is 1. The molecule has 2 N–H and O–H groups in total. The van der Waals surface area contributed by atoms with Gasteiger partial charge >= 0.3 is 5.97 Å². The second kappa shape index (κ2) is 7.94. The van der Waals surface area contributed by atoms with Crippen LogP contribution in [0.2, 0.25) is 0 Å². The van der Waals surface area contributed by atoms with Crippen molar-refractivity contribution in [2.45, 2.75) is 32.2 Å². The standard InChI is InChI=1S/C17H24N2O3/c1-12-10-14(7-9-18-12)16(20)19-8-6-13-4-3-5-15(11-13)17(21)22-2/h3-5,11-12,14,18H,6-10H2,1-2H3,(H,19,20)/t12-,14-/m0/s1. The molecule has 0 unspecified atom stereocenters. The number of nitrogens with one attached hydrogen (secondary N) is 2. The lowest BCUT2D eigenvalue weighted by Gasteiger charge is -2.27. The Bertz CT molecular complexity index is 530. The largest absolute Gasteiger partial charge is 0.465 e. The average Bonchev–Trinajstić information content (AvgIpc) is 2.54. The molecule has 1 aliphatic rings. The molecule has 0 bridgehead atoms. The molecule has 1 saturated heterocycles. The minimum absolute atomic E-state index is 0.109. The second-order valence-electron chi connectivity index (χ2n) is 5.81. The van der Waals surface area contributed by atoms with Crippen LogP contribution >= 0.6 is 0 Å². The van der Waals surface area contributed by atoms with Gasteiger partial charge in [0, 0.05) is 18.5 Å². The molecule has 1 aromatic carbocycles. The van der Waals surface area contributed by atoms with Crippen LogP contribution in [0, 0.1) is 5.92 Å². The summed E-state index contributed by atoms with van der Waals surface area (Å²) in [6, 6.07) is 7.72. The maximum Gasteiger partial charge on any atom is 0.337 e. The van der Waals surface area contributed by atoms with Crippen molar-refractivity contribution >= 4 is 11.9 Å². The average molecular weight is 304 g/mol. The van der Waals surface area contributed by atoms with Crippen molar-refractivity contribution in [3.8, 4) is 0 Å². The molecule has 1 fully saturated rings. The van der Waals surface area contributed by atoms with Crippen molar-refractivity contribution in [3.05, 3.63) is 35.4 Å². The fourth-order valence-corrected chi connectivity index (χ4v) is 2.82. The van der Waals surface area contributed by atoms with E-state index in [0.29, 0.717) is 24.6 Å². The van der Waals surface area contributed by atoms with Gasteiger partial charge in [-0.25, -0.2) is 4.79 Å². The predicted molar refractivity (Wildman–Crippen MR) is 84.7 cm³/mol. The molecule has 1 amide bonds. The summed E-state index contributed by atoms with van der Waals surface area (Å²) in [5.41, 5.74) is 1.56. The lowest BCUT2D eigenvalue weighted by molar-refractivity contribution is -0.126. The summed E-state index contributed by atoms with van der Waals surface area (Å²) in [5, 5.41) is 6.35. The second-order valence-corrected chi connectivity index (χ2v) is 5.81. The van der Waals surface area contributed by atoms with Crippen molar-refractivity contribution in [1.29, 1.82) is 0 Å². The molecule has 2 rings (SSSR count). The SMILES string of the molecule is COC(=O)c1cccc(CCNC(=O)[C@H]2CCN[C@@H](C)C2)c1. The third kappa shape index (κ3) is 4.56. The fraction of sp³-hybridized carbons (Fsp3) is 0.529. The number of methoxy groups -OCH3 is 1. The van der Waals surface area contributed by atoms with E-state index in [2.05, 4.69) is 17.6 Å². The fourth-order valence-electron chi connectivity index (χ4n) is 2.82. The highest BCUT2D eigenvalue weighted by Crippen LogP contribution is 2.16. The Labute approximate surface area is 131 Å². The van der Waals surface area contributed by atoms with Gasteiger partial charge in [-0.3, -0.25) is 4.79 Å². The van der Waals surface area contributed by atoms with E-state index >= 15 is 0 Å². The van der Waals surface area contributed by atoms with Crippen LogP contribution in [0.15, 0.2) is 24.3 Å². The van der Waals surface area contributed by atoms with Crippen molar-refractivity contribution in [1.82, 2.24) is 10.6 Å². The minimum atomic E-state index is -0.338. The number of carbonyl (C=O) groups excluding carboxylic acids is 2. The molecule has 1 aromatic rings. The van der Waals surface area contributed by atoms with Crippen LogP contribution in [0.5, 0.6) is 0 Å². The van der Waals surface area contributed by atoms with Crippen LogP contribution in [0.4, 0.5) is 0 Å². The zero-order valence-electron chi connectivity index (χ0n) is 13.2. The van der Waals surface area contributed by atoms with Crippen LogP contribution in [0.25, 0.3) is 0 Å². The molecule has 0 saturated carbocycles.